The molecule has 0 saturated carbocycles. The van der Waals surface area contributed by atoms with E-state index in [9.17, 15) is 10.2 Å². The standard InChI is InChI=1S/C20H25NO5.ClH/c1-21-18-12(5-6-14-13(18)7-8-15(22)19(14)23)11-9-16(24-2)20(26-4)17(10-11)25-3;/h7-10,12,18,21-23H,5-6H2,1-4H3;1H/t12-,18-;/m0./s1. The van der Waals surface area contributed by atoms with E-state index in [4.69, 9.17) is 14.2 Å². The second-order valence-electron chi connectivity index (χ2n) is 6.37. The largest absolute Gasteiger partial charge is 0.504 e. The van der Waals surface area contributed by atoms with E-state index in [0.29, 0.717) is 23.7 Å². The van der Waals surface area contributed by atoms with Gasteiger partial charge in [0.05, 0.1) is 21.3 Å². The van der Waals surface area contributed by atoms with Gasteiger partial charge in [-0.3, -0.25) is 0 Å². The zero-order chi connectivity index (χ0) is 18.8. The summed E-state index contributed by atoms with van der Waals surface area (Å²) < 4.78 is 16.4. The van der Waals surface area contributed by atoms with Crippen LogP contribution in [-0.4, -0.2) is 38.6 Å². The van der Waals surface area contributed by atoms with Crippen molar-refractivity contribution in [3.63, 3.8) is 0 Å². The third kappa shape index (κ3) is 3.59. The first-order valence-electron chi connectivity index (χ1n) is 8.56. The van der Waals surface area contributed by atoms with Crippen molar-refractivity contribution in [3.8, 4) is 28.7 Å². The van der Waals surface area contributed by atoms with Gasteiger partial charge >= 0.3 is 0 Å². The highest BCUT2D eigenvalue weighted by atomic mass is 35.5. The van der Waals surface area contributed by atoms with Crippen molar-refractivity contribution in [2.75, 3.05) is 28.4 Å². The zero-order valence-corrected chi connectivity index (χ0v) is 16.7. The van der Waals surface area contributed by atoms with Gasteiger partial charge in [-0.15, -0.1) is 12.4 Å². The van der Waals surface area contributed by atoms with Crippen LogP contribution in [0, 0.1) is 0 Å². The molecule has 0 spiro atoms. The molecule has 148 valence electrons. The van der Waals surface area contributed by atoms with Crippen molar-refractivity contribution in [3.05, 3.63) is 41.0 Å². The Labute approximate surface area is 165 Å². The van der Waals surface area contributed by atoms with Gasteiger partial charge in [0.1, 0.15) is 0 Å². The van der Waals surface area contributed by atoms with E-state index >= 15 is 0 Å². The van der Waals surface area contributed by atoms with Crippen LogP contribution in [0.4, 0.5) is 0 Å². The molecule has 7 heteroatoms. The summed E-state index contributed by atoms with van der Waals surface area (Å²) in [5, 5.41) is 23.4. The number of halogens is 1. The van der Waals surface area contributed by atoms with Crippen molar-refractivity contribution in [1.29, 1.82) is 0 Å². The summed E-state index contributed by atoms with van der Waals surface area (Å²) in [6.07, 6.45) is 1.49. The SMILES string of the molecule is CN[C@@H]1c2ccc(O)c(O)c2CC[C@H]1c1cc(OC)c(OC)c(OC)c1.Cl. The maximum Gasteiger partial charge on any atom is 0.203 e. The molecule has 0 aromatic heterocycles. The number of benzene rings is 2. The van der Waals surface area contributed by atoms with Crippen LogP contribution in [0.3, 0.4) is 0 Å². The molecule has 3 rings (SSSR count). The van der Waals surface area contributed by atoms with Crippen LogP contribution >= 0.6 is 12.4 Å². The van der Waals surface area contributed by atoms with Crippen LogP contribution in [0.25, 0.3) is 0 Å². The zero-order valence-electron chi connectivity index (χ0n) is 15.9. The van der Waals surface area contributed by atoms with E-state index in [0.717, 1.165) is 23.1 Å². The summed E-state index contributed by atoms with van der Waals surface area (Å²) in [4.78, 5) is 0. The Hall–Kier alpha value is -2.31. The second-order valence-corrected chi connectivity index (χ2v) is 6.37. The molecule has 0 saturated heterocycles. The number of hydrogen-bond donors (Lipinski definition) is 3. The van der Waals surface area contributed by atoms with E-state index in [-0.39, 0.29) is 35.9 Å². The van der Waals surface area contributed by atoms with Gasteiger partial charge in [0.25, 0.3) is 0 Å². The van der Waals surface area contributed by atoms with Crippen molar-refractivity contribution < 1.29 is 24.4 Å². The van der Waals surface area contributed by atoms with Gasteiger partial charge < -0.3 is 29.7 Å². The van der Waals surface area contributed by atoms with Gasteiger partial charge in [-0.05, 0) is 49.2 Å². The third-order valence-electron chi connectivity index (χ3n) is 5.17. The van der Waals surface area contributed by atoms with E-state index in [1.807, 2.05) is 25.2 Å². The van der Waals surface area contributed by atoms with Gasteiger partial charge in [-0.2, -0.15) is 0 Å². The molecule has 0 aliphatic heterocycles. The fourth-order valence-corrected chi connectivity index (χ4v) is 3.91. The molecule has 0 radical (unpaired) electrons. The predicted molar refractivity (Wildman–Crippen MR) is 106 cm³/mol. The minimum Gasteiger partial charge on any atom is -0.504 e. The fraction of sp³-hybridized carbons (Fsp3) is 0.400. The molecular weight excluding hydrogens is 370 g/mol. The monoisotopic (exact) mass is 395 g/mol. The van der Waals surface area contributed by atoms with Crippen LogP contribution in [0.2, 0.25) is 0 Å². The first-order chi connectivity index (χ1) is 12.5. The molecular formula is C20H26ClNO5. The molecule has 0 amide bonds. The lowest BCUT2D eigenvalue weighted by Crippen LogP contribution is -2.29. The molecule has 2 aromatic carbocycles. The van der Waals surface area contributed by atoms with E-state index in [1.165, 1.54) is 6.07 Å². The first-order valence-corrected chi connectivity index (χ1v) is 8.56. The van der Waals surface area contributed by atoms with Gasteiger partial charge in [0, 0.05) is 17.5 Å². The molecule has 0 fully saturated rings. The van der Waals surface area contributed by atoms with Gasteiger partial charge in [0.2, 0.25) is 5.75 Å². The minimum atomic E-state index is -0.0789. The van der Waals surface area contributed by atoms with Crippen LogP contribution in [-0.2, 0) is 6.42 Å². The summed E-state index contributed by atoms with van der Waals surface area (Å²) in [5.74, 6) is 1.87. The number of rotatable bonds is 5. The summed E-state index contributed by atoms with van der Waals surface area (Å²) in [6.45, 7) is 0. The number of hydrogen-bond acceptors (Lipinski definition) is 6. The normalized spacial score (nSPS) is 18.2. The molecule has 2 aromatic rings. The highest BCUT2D eigenvalue weighted by Crippen LogP contribution is 2.48. The first kappa shape index (κ1) is 21.0. The summed E-state index contributed by atoms with van der Waals surface area (Å²) in [6, 6.07) is 7.35. The number of phenols is 2. The fourth-order valence-electron chi connectivity index (χ4n) is 3.91. The Balaban J connectivity index is 0.00000261. The molecule has 2 atom stereocenters. The number of likely N-dealkylation sites (N-methyl/N-ethyl adjacent to an activating group) is 1. The number of phenolic OH excluding ortho intramolecular Hbond substituents is 2. The average Bonchev–Trinajstić information content (AvgIpc) is 2.68. The Morgan fingerprint density at radius 3 is 2.15 bits per heavy atom. The van der Waals surface area contributed by atoms with Crippen LogP contribution < -0.4 is 19.5 Å². The van der Waals surface area contributed by atoms with Crippen molar-refractivity contribution in [2.24, 2.45) is 0 Å². The topological polar surface area (TPSA) is 80.2 Å². The number of ether oxygens (including phenoxy) is 3. The molecule has 0 heterocycles. The third-order valence-corrected chi connectivity index (χ3v) is 5.17. The van der Waals surface area contributed by atoms with Crippen molar-refractivity contribution >= 4 is 12.4 Å². The lowest BCUT2D eigenvalue weighted by atomic mass is 9.76. The highest BCUT2D eigenvalue weighted by molar-refractivity contribution is 5.85. The number of aromatic hydroxyl groups is 2. The number of fused-ring (bicyclic) bond motifs is 1. The maximum absolute atomic E-state index is 10.2. The average molecular weight is 396 g/mol. The van der Waals surface area contributed by atoms with Crippen molar-refractivity contribution in [2.45, 2.75) is 24.8 Å². The van der Waals surface area contributed by atoms with Crippen LogP contribution in [0.15, 0.2) is 24.3 Å². The highest BCUT2D eigenvalue weighted by Gasteiger charge is 2.33. The van der Waals surface area contributed by atoms with Crippen LogP contribution in [0.5, 0.6) is 28.7 Å². The second kappa shape index (κ2) is 8.59. The summed E-state index contributed by atoms with van der Waals surface area (Å²) >= 11 is 0. The lowest BCUT2D eigenvalue weighted by Gasteiger charge is -2.34. The molecule has 27 heavy (non-hydrogen) atoms. The van der Waals surface area contributed by atoms with Crippen molar-refractivity contribution in [1.82, 2.24) is 5.32 Å². The molecule has 6 nitrogen and oxygen atoms in total. The van der Waals surface area contributed by atoms with Gasteiger partial charge in [-0.25, -0.2) is 0 Å². The molecule has 3 N–H and O–H groups in total. The number of nitrogens with one attached hydrogen (secondary N) is 1. The van der Waals surface area contributed by atoms with E-state index < -0.39 is 0 Å². The minimum absolute atomic E-state index is 0. The molecule has 1 aliphatic carbocycles. The molecule has 1 aliphatic rings. The smallest absolute Gasteiger partial charge is 0.203 e. The predicted octanol–water partition coefficient (Wildman–Crippen LogP) is 3.54. The quantitative estimate of drug-likeness (QED) is 0.672. The van der Waals surface area contributed by atoms with E-state index in [2.05, 4.69) is 5.32 Å². The summed E-state index contributed by atoms with van der Waals surface area (Å²) in [7, 11) is 6.69. The molecule has 0 unspecified atom stereocenters. The number of methoxy groups -OCH3 is 3. The molecule has 0 bridgehead atoms. The van der Waals surface area contributed by atoms with E-state index in [1.54, 1.807) is 21.3 Å². The Kier molecular flexibility index (Phi) is 6.68. The van der Waals surface area contributed by atoms with Gasteiger partial charge in [-0.1, -0.05) is 6.07 Å². The Morgan fingerprint density at radius 1 is 1.00 bits per heavy atom. The Bertz CT molecular complexity index is 786. The lowest BCUT2D eigenvalue weighted by molar-refractivity contribution is 0.321. The maximum atomic E-state index is 10.2. The summed E-state index contributed by atoms with van der Waals surface area (Å²) in [5.41, 5.74) is 2.86. The Morgan fingerprint density at radius 2 is 1.63 bits per heavy atom. The van der Waals surface area contributed by atoms with Gasteiger partial charge in [0.15, 0.2) is 23.0 Å². The van der Waals surface area contributed by atoms with Crippen LogP contribution in [0.1, 0.15) is 35.1 Å².